The Balaban J connectivity index is 1.62. The molecule has 1 fully saturated rings. The number of ether oxygens (including phenoxy) is 1. The molecule has 0 heterocycles. The molecule has 1 aliphatic carbocycles. The Bertz CT molecular complexity index is 1170. The van der Waals surface area contributed by atoms with Crippen LogP contribution in [0.5, 0.6) is 5.75 Å². The molecule has 1 N–H and O–H groups in total. The van der Waals surface area contributed by atoms with E-state index < -0.39 is 11.9 Å². The predicted molar refractivity (Wildman–Crippen MR) is 141 cm³/mol. The Labute approximate surface area is 219 Å². The lowest BCUT2D eigenvalue weighted by atomic mass is 10.0. The minimum absolute atomic E-state index is 0.00303. The first-order valence-corrected chi connectivity index (χ1v) is 13.0. The van der Waals surface area contributed by atoms with Crippen LogP contribution in [0.25, 0.3) is 0 Å². The smallest absolute Gasteiger partial charge is 0.261 e. The molecule has 1 saturated carbocycles. The Morgan fingerprint density at radius 1 is 0.972 bits per heavy atom. The van der Waals surface area contributed by atoms with Crippen molar-refractivity contribution in [3.8, 4) is 5.75 Å². The summed E-state index contributed by atoms with van der Waals surface area (Å²) in [5.41, 5.74) is 1.82. The molecular formula is C29H30BrFN2O3. The number of hydrogen-bond donors (Lipinski definition) is 1. The summed E-state index contributed by atoms with van der Waals surface area (Å²) in [7, 11) is 0. The summed E-state index contributed by atoms with van der Waals surface area (Å²) < 4.78 is 20.5. The van der Waals surface area contributed by atoms with E-state index in [1.54, 1.807) is 17.0 Å². The number of hydrogen-bond acceptors (Lipinski definition) is 3. The molecule has 3 aromatic rings. The van der Waals surface area contributed by atoms with Gasteiger partial charge >= 0.3 is 0 Å². The number of rotatable bonds is 10. The minimum atomic E-state index is -0.747. The normalized spacial score (nSPS) is 14.3. The molecule has 0 unspecified atom stereocenters. The second-order valence-corrected chi connectivity index (χ2v) is 9.98. The van der Waals surface area contributed by atoms with Crippen molar-refractivity contribution in [2.24, 2.45) is 0 Å². The minimum Gasteiger partial charge on any atom is -0.481 e. The van der Waals surface area contributed by atoms with Gasteiger partial charge in [-0.2, -0.15) is 0 Å². The van der Waals surface area contributed by atoms with Gasteiger partial charge in [0.15, 0.2) is 18.2 Å². The van der Waals surface area contributed by atoms with Gasteiger partial charge < -0.3 is 15.0 Å². The molecule has 0 aliphatic heterocycles. The van der Waals surface area contributed by atoms with E-state index in [1.807, 2.05) is 54.6 Å². The second-order valence-electron chi connectivity index (χ2n) is 9.07. The zero-order valence-electron chi connectivity index (χ0n) is 20.0. The summed E-state index contributed by atoms with van der Waals surface area (Å²) in [6, 6.07) is 22.6. The standard InChI is InChI=1S/C29H30BrFN2O3/c30-23-12-8-11-22(17-23)19-33(28(34)20-36-27-16-7-6-15-25(27)31)26(18-21-9-2-1-3-10-21)29(35)32-24-13-4-5-14-24/h1-3,6-12,15-17,24,26H,4-5,13-14,18-20H2,(H,32,35)/t26-/m1/s1. The summed E-state index contributed by atoms with van der Waals surface area (Å²) in [6.45, 7) is -0.161. The van der Waals surface area contributed by atoms with Crippen molar-refractivity contribution in [2.75, 3.05) is 6.61 Å². The maximum atomic E-state index is 14.1. The number of nitrogens with one attached hydrogen (secondary N) is 1. The molecule has 0 aromatic heterocycles. The Morgan fingerprint density at radius 2 is 1.67 bits per heavy atom. The van der Waals surface area contributed by atoms with Crippen LogP contribution in [0.3, 0.4) is 0 Å². The lowest BCUT2D eigenvalue weighted by Gasteiger charge is -2.32. The highest BCUT2D eigenvalue weighted by Crippen LogP contribution is 2.22. The fourth-order valence-corrected chi connectivity index (χ4v) is 4.98. The number of para-hydroxylation sites is 1. The van der Waals surface area contributed by atoms with E-state index in [2.05, 4.69) is 21.2 Å². The topological polar surface area (TPSA) is 58.6 Å². The summed E-state index contributed by atoms with van der Waals surface area (Å²) in [4.78, 5) is 28.8. The van der Waals surface area contributed by atoms with Crippen LogP contribution in [0.4, 0.5) is 4.39 Å². The molecule has 2 amide bonds. The maximum Gasteiger partial charge on any atom is 0.261 e. The molecule has 7 heteroatoms. The van der Waals surface area contributed by atoms with Gasteiger partial charge in [-0.25, -0.2) is 4.39 Å². The van der Waals surface area contributed by atoms with E-state index in [1.165, 1.54) is 12.1 Å². The number of carbonyl (C=O) groups is 2. The van der Waals surface area contributed by atoms with Gasteiger partial charge in [0, 0.05) is 23.5 Å². The third-order valence-electron chi connectivity index (χ3n) is 6.40. The van der Waals surface area contributed by atoms with Gasteiger partial charge in [0.25, 0.3) is 5.91 Å². The first-order chi connectivity index (χ1) is 17.5. The number of carbonyl (C=O) groups excluding carboxylic acids is 2. The lowest BCUT2D eigenvalue weighted by molar-refractivity contribution is -0.143. The third-order valence-corrected chi connectivity index (χ3v) is 6.90. The van der Waals surface area contributed by atoms with Crippen molar-refractivity contribution in [1.82, 2.24) is 10.2 Å². The zero-order valence-corrected chi connectivity index (χ0v) is 21.6. The fourth-order valence-electron chi connectivity index (χ4n) is 4.54. The molecule has 3 aromatic carbocycles. The molecule has 0 saturated heterocycles. The average Bonchev–Trinajstić information content (AvgIpc) is 3.39. The SMILES string of the molecule is O=C(NC1CCCC1)[C@@H](Cc1ccccc1)N(Cc1cccc(Br)c1)C(=O)COc1ccccc1F. The maximum absolute atomic E-state index is 14.1. The Kier molecular flexibility index (Phi) is 9.11. The van der Waals surface area contributed by atoms with Gasteiger partial charge in [-0.1, -0.05) is 83.4 Å². The molecule has 4 rings (SSSR count). The summed E-state index contributed by atoms with van der Waals surface area (Å²) in [5.74, 6) is -1.10. The first kappa shape index (κ1) is 25.9. The second kappa shape index (κ2) is 12.7. The van der Waals surface area contributed by atoms with Gasteiger partial charge in [-0.15, -0.1) is 0 Å². The van der Waals surface area contributed by atoms with E-state index in [9.17, 15) is 14.0 Å². The molecule has 0 bridgehead atoms. The van der Waals surface area contributed by atoms with Gasteiger partial charge in [-0.3, -0.25) is 9.59 Å². The fraction of sp³-hybridized carbons (Fsp3) is 0.310. The van der Waals surface area contributed by atoms with Crippen LogP contribution in [0.15, 0.2) is 83.3 Å². The predicted octanol–water partition coefficient (Wildman–Crippen LogP) is 5.67. The average molecular weight is 553 g/mol. The van der Waals surface area contributed by atoms with E-state index in [-0.39, 0.29) is 36.8 Å². The number of amides is 2. The Hall–Kier alpha value is -3.19. The van der Waals surface area contributed by atoms with E-state index >= 15 is 0 Å². The number of nitrogens with zero attached hydrogens (tertiary/aromatic N) is 1. The third kappa shape index (κ3) is 7.17. The van der Waals surface area contributed by atoms with E-state index in [4.69, 9.17) is 4.74 Å². The van der Waals surface area contributed by atoms with Crippen LogP contribution >= 0.6 is 15.9 Å². The van der Waals surface area contributed by atoms with Crippen molar-refractivity contribution >= 4 is 27.7 Å². The van der Waals surface area contributed by atoms with E-state index in [0.29, 0.717) is 6.42 Å². The molecule has 0 radical (unpaired) electrons. The summed E-state index contributed by atoms with van der Waals surface area (Å²) in [5, 5.41) is 3.17. The monoisotopic (exact) mass is 552 g/mol. The van der Waals surface area contributed by atoms with Crippen LogP contribution in [-0.4, -0.2) is 35.4 Å². The van der Waals surface area contributed by atoms with Crippen LogP contribution in [0.2, 0.25) is 0 Å². The van der Waals surface area contributed by atoms with Gasteiger partial charge in [-0.05, 0) is 48.2 Å². The van der Waals surface area contributed by atoms with E-state index in [0.717, 1.165) is 41.3 Å². The molecule has 5 nitrogen and oxygen atoms in total. The van der Waals surface area contributed by atoms with Crippen molar-refractivity contribution in [1.29, 1.82) is 0 Å². The van der Waals surface area contributed by atoms with Crippen molar-refractivity contribution < 1.29 is 18.7 Å². The lowest BCUT2D eigenvalue weighted by Crippen LogP contribution is -2.53. The van der Waals surface area contributed by atoms with Crippen molar-refractivity contribution in [2.45, 2.75) is 50.7 Å². The molecule has 1 aliphatic rings. The molecular weight excluding hydrogens is 523 g/mol. The highest BCUT2D eigenvalue weighted by Gasteiger charge is 2.32. The highest BCUT2D eigenvalue weighted by molar-refractivity contribution is 9.10. The Morgan fingerprint density at radius 3 is 2.39 bits per heavy atom. The molecule has 0 spiro atoms. The van der Waals surface area contributed by atoms with Gasteiger partial charge in [0.1, 0.15) is 6.04 Å². The summed E-state index contributed by atoms with van der Waals surface area (Å²) in [6.07, 6.45) is 4.43. The molecule has 36 heavy (non-hydrogen) atoms. The van der Waals surface area contributed by atoms with Crippen LogP contribution in [0, 0.1) is 5.82 Å². The van der Waals surface area contributed by atoms with Gasteiger partial charge in [0.2, 0.25) is 5.91 Å². The van der Waals surface area contributed by atoms with Crippen LogP contribution in [-0.2, 0) is 22.6 Å². The van der Waals surface area contributed by atoms with Crippen molar-refractivity contribution in [3.05, 3.63) is 100 Å². The summed E-state index contributed by atoms with van der Waals surface area (Å²) >= 11 is 3.49. The first-order valence-electron chi connectivity index (χ1n) is 12.2. The molecule has 188 valence electrons. The molecule has 1 atom stereocenters. The van der Waals surface area contributed by atoms with Crippen molar-refractivity contribution in [3.63, 3.8) is 0 Å². The van der Waals surface area contributed by atoms with Crippen LogP contribution in [0.1, 0.15) is 36.8 Å². The number of halogens is 2. The zero-order chi connectivity index (χ0) is 25.3. The highest BCUT2D eigenvalue weighted by atomic mass is 79.9. The van der Waals surface area contributed by atoms with Crippen LogP contribution < -0.4 is 10.1 Å². The number of benzene rings is 3. The quantitative estimate of drug-likeness (QED) is 0.352. The van der Waals surface area contributed by atoms with Gasteiger partial charge in [0.05, 0.1) is 0 Å². The largest absolute Gasteiger partial charge is 0.481 e.